The lowest BCUT2D eigenvalue weighted by molar-refractivity contribution is 0.777. The molecule has 0 aliphatic heterocycles. The maximum Gasteiger partial charge on any atom is 0.0866 e. The Labute approximate surface area is 94.1 Å². The standard InChI is InChI=1S/C12H14N4/c13-7-9-6-11(9)12-8-16(15-14-12)10-4-2-1-3-5-10/h1-5,8-9,11H,6-7,13H2. The first-order valence-electron chi connectivity index (χ1n) is 5.56. The van der Waals surface area contributed by atoms with Gasteiger partial charge in [-0.2, -0.15) is 0 Å². The van der Waals surface area contributed by atoms with Crippen LogP contribution in [-0.2, 0) is 0 Å². The lowest BCUT2D eigenvalue weighted by Gasteiger charge is -1.97. The third kappa shape index (κ3) is 1.61. The van der Waals surface area contributed by atoms with Crippen molar-refractivity contribution < 1.29 is 0 Å². The van der Waals surface area contributed by atoms with Crippen molar-refractivity contribution in [1.82, 2.24) is 15.0 Å². The van der Waals surface area contributed by atoms with E-state index in [1.54, 1.807) is 0 Å². The van der Waals surface area contributed by atoms with Gasteiger partial charge >= 0.3 is 0 Å². The van der Waals surface area contributed by atoms with Crippen LogP contribution in [0.5, 0.6) is 0 Å². The molecule has 1 fully saturated rings. The zero-order chi connectivity index (χ0) is 11.0. The summed E-state index contributed by atoms with van der Waals surface area (Å²) in [5, 5.41) is 8.35. The molecular weight excluding hydrogens is 200 g/mol. The number of benzene rings is 1. The highest BCUT2D eigenvalue weighted by Crippen LogP contribution is 2.45. The molecule has 4 heteroatoms. The molecule has 2 unspecified atom stereocenters. The first kappa shape index (κ1) is 9.54. The van der Waals surface area contributed by atoms with E-state index in [0.29, 0.717) is 11.8 Å². The molecule has 2 atom stereocenters. The SMILES string of the molecule is NCC1CC1c1cn(-c2ccccc2)nn1. The van der Waals surface area contributed by atoms with E-state index in [4.69, 9.17) is 5.73 Å². The van der Waals surface area contributed by atoms with Crippen molar-refractivity contribution in [2.24, 2.45) is 11.7 Å². The average molecular weight is 214 g/mol. The maximum atomic E-state index is 5.62. The van der Waals surface area contributed by atoms with Crippen LogP contribution in [0.1, 0.15) is 18.0 Å². The third-order valence-corrected chi connectivity index (χ3v) is 3.14. The second kappa shape index (κ2) is 3.72. The monoisotopic (exact) mass is 214 g/mol. The van der Waals surface area contributed by atoms with Gasteiger partial charge in [0.25, 0.3) is 0 Å². The summed E-state index contributed by atoms with van der Waals surface area (Å²) < 4.78 is 1.82. The Kier molecular flexibility index (Phi) is 2.22. The van der Waals surface area contributed by atoms with Crippen molar-refractivity contribution in [2.45, 2.75) is 12.3 Å². The molecule has 1 aliphatic rings. The maximum absolute atomic E-state index is 5.62. The molecule has 4 nitrogen and oxygen atoms in total. The van der Waals surface area contributed by atoms with E-state index in [-0.39, 0.29) is 0 Å². The predicted molar refractivity (Wildman–Crippen MR) is 61.3 cm³/mol. The fourth-order valence-electron chi connectivity index (χ4n) is 2.02. The van der Waals surface area contributed by atoms with E-state index in [1.807, 2.05) is 41.2 Å². The van der Waals surface area contributed by atoms with Crippen molar-refractivity contribution in [3.8, 4) is 5.69 Å². The van der Waals surface area contributed by atoms with Gasteiger partial charge in [0.2, 0.25) is 0 Å². The van der Waals surface area contributed by atoms with Crippen molar-refractivity contribution >= 4 is 0 Å². The summed E-state index contributed by atoms with van der Waals surface area (Å²) in [6, 6.07) is 10.0. The minimum Gasteiger partial charge on any atom is -0.330 e. The quantitative estimate of drug-likeness (QED) is 0.838. The first-order valence-corrected chi connectivity index (χ1v) is 5.56. The lowest BCUT2D eigenvalue weighted by Crippen LogP contribution is -2.01. The van der Waals surface area contributed by atoms with Gasteiger partial charge in [0.1, 0.15) is 0 Å². The number of aromatic nitrogens is 3. The van der Waals surface area contributed by atoms with Crippen LogP contribution in [-0.4, -0.2) is 21.5 Å². The largest absolute Gasteiger partial charge is 0.330 e. The van der Waals surface area contributed by atoms with Gasteiger partial charge in [0.05, 0.1) is 17.6 Å². The van der Waals surface area contributed by atoms with Crippen LogP contribution >= 0.6 is 0 Å². The van der Waals surface area contributed by atoms with E-state index in [2.05, 4.69) is 10.3 Å². The number of rotatable bonds is 3. The minimum absolute atomic E-state index is 0.530. The summed E-state index contributed by atoms with van der Waals surface area (Å²) in [4.78, 5) is 0. The molecule has 1 saturated carbocycles. The van der Waals surface area contributed by atoms with Gasteiger partial charge in [-0.15, -0.1) is 5.10 Å². The van der Waals surface area contributed by atoms with E-state index in [9.17, 15) is 0 Å². The van der Waals surface area contributed by atoms with Crippen LogP contribution < -0.4 is 5.73 Å². The molecule has 1 aliphatic carbocycles. The first-order chi connectivity index (χ1) is 7.88. The summed E-state index contributed by atoms with van der Waals surface area (Å²) >= 11 is 0. The Hall–Kier alpha value is -1.68. The number of hydrogen-bond acceptors (Lipinski definition) is 3. The normalized spacial score (nSPS) is 23.3. The van der Waals surface area contributed by atoms with Gasteiger partial charge in [0.15, 0.2) is 0 Å². The molecule has 82 valence electrons. The minimum atomic E-state index is 0.530. The average Bonchev–Trinajstić information content (AvgIpc) is 2.98. The molecule has 0 spiro atoms. The lowest BCUT2D eigenvalue weighted by atomic mass is 10.2. The Bertz CT molecular complexity index is 477. The molecule has 2 aromatic rings. The Balaban J connectivity index is 1.84. The molecule has 1 heterocycles. The highest BCUT2D eigenvalue weighted by molar-refractivity contribution is 5.30. The third-order valence-electron chi connectivity index (χ3n) is 3.14. The van der Waals surface area contributed by atoms with E-state index < -0.39 is 0 Å². The summed E-state index contributed by atoms with van der Waals surface area (Å²) in [5.74, 6) is 1.14. The summed E-state index contributed by atoms with van der Waals surface area (Å²) in [7, 11) is 0. The predicted octanol–water partition coefficient (Wildman–Crippen LogP) is 1.33. The van der Waals surface area contributed by atoms with Crippen molar-refractivity contribution in [2.75, 3.05) is 6.54 Å². The molecule has 1 aromatic carbocycles. The van der Waals surface area contributed by atoms with Crippen LogP contribution in [0.15, 0.2) is 36.5 Å². The second-order valence-corrected chi connectivity index (χ2v) is 4.26. The van der Waals surface area contributed by atoms with Gasteiger partial charge < -0.3 is 5.73 Å². The van der Waals surface area contributed by atoms with Crippen molar-refractivity contribution in [3.05, 3.63) is 42.2 Å². The number of para-hydroxylation sites is 1. The van der Waals surface area contributed by atoms with Gasteiger partial charge in [0, 0.05) is 5.92 Å². The van der Waals surface area contributed by atoms with Gasteiger partial charge in [-0.1, -0.05) is 23.4 Å². The highest BCUT2D eigenvalue weighted by Gasteiger charge is 2.39. The van der Waals surface area contributed by atoms with Crippen molar-refractivity contribution in [3.63, 3.8) is 0 Å². The molecule has 16 heavy (non-hydrogen) atoms. The molecule has 2 N–H and O–H groups in total. The van der Waals surface area contributed by atoms with Gasteiger partial charge in [-0.05, 0) is 31.0 Å². The highest BCUT2D eigenvalue weighted by atomic mass is 15.4. The number of nitrogens with two attached hydrogens (primary N) is 1. The van der Waals surface area contributed by atoms with Crippen LogP contribution in [0.2, 0.25) is 0 Å². The Morgan fingerprint density at radius 1 is 1.31 bits per heavy atom. The molecule has 0 radical (unpaired) electrons. The van der Waals surface area contributed by atoms with E-state index in [0.717, 1.165) is 24.3 Å². The summed E-state index contributed by atoms with van der Waals surface area (Å²) in [6.45, 7) is 0.753. The molecule has 1 aromatic heterocycles. The molecule has 0 bridgehead atoms. The fraction of sp³-hybridized carbons (Fsp3) is 0.333. The molecule has 3 rings (SSSR count). The number of hydrogen-bond donors (Lipinski definition) is 1. The van der Waals surface area contributed by atoms with Gasteiger partial charge in [-0.3, -0.25) is 0 Å². The van der Waals surface area contributed by atoms with Gasteiger partial charge in [-0.25, -0.2) is 4.68 Å². The van der Waals surface area contributed by atoms with Crippen LogP contribution in [0.3, 0.4) is 0 Å². The molecule has 0 saturated heterocycles. The van der Waals surface area contributed by atoms with Crippen molar-refractivity contribution in [1.29, 1.82) is 0 Å². The van der Waals surface area contributed by atoms with Crippen LogP contribution in [0.25, 0.3) is 5.69 Å². The fourth-order valence-corrected chi connectivity index (χ4v) is 2.02. The Morgan fingerprint density at radius 2 is 2.12 bits per heavy atom. The molecule has 0 amide bonds. The zero-order valence-electron chi connectivity index (χ0n) is 8.95. The second-order valence-electron chi connectivity index (χ2n) is 4.26. The van der Waals surface area contributed by atoms with E-state index in [1.165, 1.54) is 0 Å². The zero-order valence-corrected chi connectivity index (χ0v) is 8.95. The van der Waals surface area contributed by atoms with E-state index >= 15 is 0 Å². The van der Waals surface area contributed by atoms with Crippen LogP contribution in [0.4, 0.5) is 0 Å². The summed E-state index contributed by atoms with van der Waals surface area (Å²) in [6.07, 6.45) is 3.17. The van der Waals surface area contributed by atoms with Crippen LogP contribution in [0, 0.1) is 5.92 Å². The molecular formula is C12H14N4. The Morgan fingerprint density at radius 3 is 2.81 bits per heavy atom. The topological polar surface area (TPSA) is 56.7 Å². The summed E-state index contributed by atoms with van der Waals surface area (Å²) in [5.41, 5.74) is 7.74. The number of nitrogens with zero attached hydrogens (tertiary/aromatic N) is 3. The smallest absolute Gasteiger partial charge is 0.0866 e.